The van der Waals surface area contributed by atoms with Crippen molar-refractivity contribution in [2.45, 2.75) is 39.3 Å². The molecule has 3 rings (SSSR count). The number of carbonyl (C=O) groups excluding carboxylic acids is 1. The predicted molar refractivity (Wildman–Crippen MR) is 102 cm³/mol. The van der Waals surface area contributed by atoms with E-state index in [1.165, 1.54) is 0 Å². The standard InChI is InChI=1S/C19H28N6O2/c1-14(2)25-13-22-23-17(25)12-24-8-6-15(7-9-24)10-21-19(26)16-4-5-18(27-3)20-11-16/h4-5,11,13-15H,6-10,12H2,1-3H3,(H,21,26). The maximum Gasteiger partial charge on any atom is 0.252 e. The Balaban J connectivity index is 1.42. The molecule has 1 aliphatic heterocycles. The number of methoxy groups -OCH3 is 1. The smallest absolute Gasteiger partial charge is 0.252 e. The van der Waals surface area contributed by atoms with E-state index in [9.17, 15) is 4.79 Å². The lowest BCUT2D eigenvalue weighted by atomic mass is 9.96. The molecule has 2 aromatic rings. The molecule has 8 heteroatoms. The molecule has 1 amide bonds. The highest BCUT2D eigenvalue weighted by atomic mass is 16.5. The molecule has 1 fully saturated rings. The van der Waals surface area contributed by atoms with Crippen LogP contribution in [0.5, 0.6) is 5.88 Å². The number of carbonyl (C=O) groups is 1. The molecule has 1 saturated heterocycles. The Labute approximate surface area is 159 Å². The van der Waals surface area contributed by atoms with E-state index in [-0.39, 0.29) is 5.91 Å². The van der Waals surface area contributed by atoms with Crippen LogP contribution in [0.3, 0.4) is 0 Å². The quantitative estimate of drug-likeness (QED) is 0.799. The lowest BCUT2D eigenvalue weighted by Gasteiger charge is -2.31. The van der Waals surface area contributed by atoms with Crippen molar-refractivity contribution in [1.82, 2.24) is 30.0 Å². The number of nitrogens with zero attached hydrogens (tertiary/aromatic N) is 5. The van der Waals surface area contributed by atoms with Crippen LogP contribution in [-0.2, 0) is 6.54 Å². The first-order valence-electron chi connectivity index (χ1n) is 9.45. The van der Waals surface area contributed by atoms with E-state index < -0.39 is 0 Å². The zero-order valence-corrected chi connectivity index (χ0v) is 16.3. The number of amides is 1. The van der Waals surface area contributed by atoms with Crippen molar-refractivity contribution in [2.75, 3.05) is 26.7 Å². The van der Waals surface area contributed by atoms with Gasteiger partial charge in [0.1, 0.15) is 12.2 Å². The normalized spacial score (nSPS) is 15.9. The van der Waals surface area contributed by atoms with E-state index in [1.807, 2.05) is 0 Å². The molecule has 3 heterocycles. The summed E-state index contributed by atoms with van der Waals surface area (Å²) in [6.45, 7) is 7.82. The van der Waals surface area contributed by atoms with Crippen molar-refractivity contribution in [1.29, 1.82) is 0 Å². The minimum absolute atomic E-state index is 0.0855. The van der Waals surface area contributed by atoms with Gasteiger partial charge < -0.3 is 14.6 Å². The van der Waals surface area contributed by atoms with Crippen LogP contribution in [0.15, 0.2) is 24.7 Å². The van der Waals surface area contributed by atoms with E-state index in [0.717, 1.165) is 38.3 Å². The summed E-state index contributed by atoms with van der Waals surface area (Å²) in [4.78, 5) is 18.7. The Morgan fingerprint density at radius 3 is 2.74 bits per heavy atom. The molecular formula is C19H28N6O2. The second kappa shape index (κ2) is 8.94. The van der Waals surface area contributed by atoms with Gasteiger partial charge in [0.05, 0.1) is 19.2 Å². The summed E-state index contributed by atoms with van der Waals surface area (Å²) in [6.07, 6.45) is 5.48. The van der Waals surface area contributed by atoms with Gasteiger partial charge in [-0.15, -0.1) is 10.2 Å². The third-order valence-electron chi connectivity index (χ3n) is 5.03. The summed E-state index contributed by atoms with van der Waals surface area (Å²) < 4.78 is 7.13. The first kappa shape index (κ1) is 19.3. The fraction of sp³-hybridized carbons (Fsp3) is 0.579. The molecule has 0 aliphatic carbocycles. The number of aromatic nitrogens is 4. The molecule has 1 aliphatic rings. The fourth-order valence-corrected chi connectivity index (χ4v) is 3.33. The number of ether oxygens (including phenoxy) is 1. The number of hydrogen-bond donors (Lipinski definition) is 1. The highest BCUT2D eigenvalue weighted by molar-refractivity contribution is 5.93. The maximum atomic E-state index is 12.2. The molecular weight excluding hydrogens is 344 g/mol. The average Bonchev–Trinajstić information content (AvgIpc) is 3.16. The number of piperidine rings is 1. The predicted octanol–water partition coefficient (Wildman–Crippen LogP) is 1.90. The highest BCUT2D eigenvalue weighted by Gasteiger charge is 2.21. The SMILES string of the molecule is COc1ccc(C(=O)NCC2CCN(Cc3nncn3C(C)C)CC2)cn1. The van der Waals surface area contributed by atoms with Crippen molar-refractivity contribution in [3.63, 3.8) is 0 Å². The van der Waals surface area contributed by atoms with Crippen molar-refractivity contribution < 1.29 is 9.53 Å². The molecule has 146 valence electrons. The summed E-state index contributed by atoms with van der Waals surface area (Å²) >= 11 is 0. The number of rotatable bonds is 7. The summed E-state index contributed by atoms with van der Waals surface area (Å²) in [7, 11) is 1.56. The van der Waals surface area contributed by atoms with E-state index >= 15 is 0 Å². The van der Waals surface area contributed by atoms with Crippen molar-refractivity contribution in [3.05, 3.63) is 36.0 Å². The van der Waals surface area contributed by atoms with E-state index in [4.69, 9.17) is 4.74 Å². The van der Waals surface area contributed by atoms with Gasteiger partial charge in [-0.05, 0) is 51.8 Å². The summed E-state index contributed by atoms with van der Waals surface area (Å²) in [5, 5.41) is 11.3. The van der Waals surface area contributed by atoms with Gasteiger partial charge >= 0.3 is 0 Å². The molecule has 0 saturated carbocycles. The van der Waals surface area contributed by atoms with Gasteiger partial charge in [-0.1, -0.05) is 0 Å². The molecule has 1 N–H and O–H groups in total. The van der Waals surface area contributed by atoms with Crippen LogP contribution in [-0.4, -0.2) is 57.3 Å². The van der Waals surface area contributed by atoms with Crippen LogP contribution in [0.4, 0.5) is 0 Å². The van der Waals surface area contributed by atoms with Crippen molar-refractivity contribution in [2.24, 2.45) is 5.92 Å². The Kier molecular flexibility index (Phi) is 6.39. The molecule has 2 aromatic heterocycles. The van der Waals surface area contributed by atoms with Crippen LogP contribution in [0.2, 0.25) is 0 Å². The third kappa shape index (κ3) is 5.03. The van der Waals surface area contributed by atoms with Gasteiger partial charge in [-0.2, -0.15) is 0 Å². The van der Waals surface area contributed by atoms with Crippen molar-refractivity contribution >= 4 is 5.91 Å². The molecule has 27 heavy (non-hydrogen) atoms. The summed E-state index contributed by atoms with van der Waals surface area (Å²) in [6, 6.07) is 3.80. The van der Waals surface area contributed by atoms with E-state index in [0.29, 0.717) is 29.9 Å². The molecule has 0 atom stereocenters. The number of hydrogen-bond acceptors (Lipinski definition) is 6. The Morgan fingerprint density at radius 1 is 1.33 bits per heavy atom. The Morgan fingerprint density at radius 2 is 2.11 bits per heavy atom. The molecule has 8 nitrogen and oxygen atoms in total. The second-order valence-corrected chi connectivity index (χ2v) is 7.27. The Bertz CT molecular complexity index is 735. The molecule has 0 unspecified atom stereocenters. The lowest BCUT2D eigenvalue weighted by Crippen LogP contribution is -2.38. The number of nitrogens with one attached hydrogen (secondary N) is 1. The zero-order chi connectivity index (χ0) is 19.2. The second-order valence-electron chi connectivity index (χ2n) is 7.27. The largest absolute Gasteiger partial charge is 0.481 e. The first-order valence-corrected chi connectivity index (χ1v) is 9.45. The number of pyridine rings is 1. The molecule has 0 radical (unpaired) electrons. The van der Waals surface area contributed by atoms with Crippen LogP contribution in [0.1, 0.15) is 48.9 Å². The van der Waals surface area contributed by atoms with Crippen LogP contribution in [0.25, 0.3) is 0 Å². The van der Waals surface area contributed by atoms with Gasteiger partial charge in [0.2, 0.25) is 5.88 Å². The van der Waals surface area contributed by atoms with Crippen LogP contribution >= 0.6 is 0 Å². The summed E-state index contributed by atoms with van der Waals surface area (Å²) in [5.74, 6) is 1.94. The van der Waals surface area contributed by atoms with E-state index in [1.54, 1.807) is 31.8 Å². The lowest BCUT2D eigenvalue weighted by molar-refractivity contribution is 0.0934. The fourth-order valence-electron chi connectivity index (χ4n) is 3.33. The molecule has 0 aromatic carbocycles. The number of likely N-dealkylation sites (tertiary alicyclic amines) is 1. The van der Waals surface area contributed by atoms with Gasteiger partial charge in [0, 0.05) is 24.8 Å². The Hall–Kier alpha value is -2.48. The van der Waals surface area contributed by atoms with Gasteiger partial charge in [0.25, 0.3) is 5.91 Å². The minimum Gasteiger partial charge on any atom is -0.481 e. The monoisotopic (exact) mass is 372 g/mol. The molecule has 0 bridgehead atoms. The van der Waals surface area contributed by atoms with Crippen LogP contribution < -0.4 is 10.1 Å². The van der Waals surface area contributed by atoms with Crippen molar-refractivity contribution in [3.8, 4) is 5.88 Å². The minimum atomic E-state index is -0.0855. The van der Waals surface area contributed by atoms with Crippen LogP contribution in [0, 0.1) is 5.92 Å². The van der Waals surface area contributed by atoms with Gasteiger partial charge in [-0.3, -0.25) is 9.69 Å². The zero-order valence-electron chi connectivity index (χ0n) is 16.3. The highest BCUT2D eigenvalue weighted by Crippen LogP contribution is 2.19. The van der Waals surface area contributed by atoms with Gasteiger partial charge in [0.15, 0.2) is 0 Å². The summed E-state index contributed by atoms with van der Waals surface area (Å²) in [5.41, 5.74) is 0.557. The average molecular weight is 372 g/mol. The first-order chi connectivity index (χ1) is 13.1. The topological polar surface area (TPSA) is 85.2 Å². The third-order valence-corrected chi connectivity index (χ3v) is 5.03. The maximum absolute atomic E-state index is 12.2. The molecule has 0 spiro atoms. The van der Waals surface area contributed by atoms with Gasteiger partial charge in [-0.25, -0.2) is 4.98 Å². The van der Waals surface area contributed by atoms with E-state index in [2.05, 4.69) is 43.8 Å².